The van der Waals surface area contributed by atoms with Crippen LogP contribution in [0.15, 0.2) is 79.1 Å². The summed E-state index contributed by atoms with van der Waals surface area (Å²) in [6, 6.07) is 22.1. The first-order chi connectivity index (χ1) is 17.2. The highest BCUT2D eigenvalue weighted by molar-refractivity contribution is 5.85. The number of pyridine rings is 1. The Balaban J connectivity index is 1.24. The number of aromatic nitrogens is 5. The maximum absolute atomic E-state index is 13.0. The molecule has 0 aliphatic heterocycles. The molecule has 2 aromatic carbocycles. The van der Waals surface area contributed by atoms with Gasteiger partial charge in [-0.25, -0.2) is 14.3 Å². The van der Waals surface area contributed by atoms with E-state index >= 15 is 0 Å². The van der Waals surface area contributed by atoms with Crippen molar-refractivity contribution in [1.29, 1.82) is 0 Å². The van der Waals surface area contributed by atoms with Crippen LogP contribution in [0.4, 0.5) is 0 Å². The van der Waals surface area contributed by atoms with Crippen LogP contribution in [0, 0.1) is 6.92 Å². The Morgan fingerprint density at radius 3 is 2.49 bits per heavy atom. The van der Waals surface area contributed by atoms with Gasteiger partial charge in [0.25, 0.3) is 0 Å². The summed E-state index contributed by atoms with van der Waals surface area (Å²) in [5.41, 5.74) is 6.80. The zero-order valence-electron chi connectivity index (χ0n) is 19.6. The zero-order valence-corrected chi connectivity index (χ0v) is 19.6. The second-order valence-corrected chi connectivity index (χ2v) is 9.04. The van der Waals surface area contributed by atoms with Gasteiger partial charge in [-0.2, -0.15) is 10.2 Å². The highest BCUT2D eigenvalue weighted by Crippen LogP contribution is 2.43. The summed E-state index contributed by atoms with van der Waals surface area (Å²) in [6.07, 6.45) is 6.24. The maximum Gasteiger partial charge on any atom is 0.242 e. The first-order valence-corrected chi connectivity index (χ1v) is 12.0. The molecular formula is C28H26N6O. The first kappa shape index (κ1) is 21.3. The van der Waals surface area contributed by atoms with Crippen LogP contribution in [0.25, 0.3) is 28.0 Å². The number of nitrogens with one attached hydrogen (secondary N) is 1. The van der Waals surface area contributed by atoms with E-state index < -0.39 is 0 Å². The normalized spacial score (nSPS) is 13.3. The molecule has 6 rings (SSSR count). The molecule has 5 aromatic rings. The lowest BCUT2D eigenvalue weighted by atomic mass is 10.1. The molecule has 0 unspecified atom stereocenters. The van der Waals surface area contributed by atoms with E-state index in [0.717, 1.165) is 39.2 Å². The minimum atomic E-state index is -0.112. The zero-order chi connectivity index (χ0) is 23.8. The molecular weight excluding hydrogens is 436 g/mol. The third-order valence-corrected chi connectivity index (χ3v) is 6.48. The van der Waals surface area contributed by atoms with E-state index in [4.69, 9.17) is 5.10 Å². The van der Waals surface area contributed by atoms with Gasteiger partial charge >= 0.3 is 0 Å². The Morgan fingerprint density at radius 2 is 1.74 bits per heavy atom. The van der Waals surface area contributed by atoms with Gasteiger partial charge in [-0.3, -0.25) is 4.79 Å². The van der Waals surface area contributed by atoms with Crippen molar-refractivity contribution < 1.29 is 4.79 Å². The van der Waals surface area contributed by atoms with Crippen molar-refractivity contribution in [3.8, 4) is 16.9 Å². The third kappa shape index (κ3) is 4.21. The predicted molar refractivity (Wildman–Crippen MR) is 135 cm³/mol. The number of fused-ring (bicyclic) bond motifs is 1. The molecule has 1 saturated carbocycles. The molecule has 1 N–H and O–H groups in total. The second-order valence-electron chi connectivity index (χ2n) is 9.04. The topological polar surface area (TPSA) is 77.6 Å². The molecule has 1 aliphatic carbocycles. The Morgan fingerprint density at radius 1 is 1.00 bits per heavy atom. The lowest BCUT2D eigenvalue weighted by molar-refractivity contribution is -0.121. The molecule has 7 heteroatoms. The van der Waals surface area contributed by atoms with Gasteiger partial charge in [-0.1, -0.05) is 48.5 Å². The molecule has 0 radical (unpaired) electrons. The molecule has 3 aromatic heterocycles. The van der Waals surface area contributed by atoms with Crippen LogP contribution in [0.5, 0.6) is 0 Å². The second kappa shape index (κ2) is 8.83. The molecule has 0 bridgehead atoms. The standard InChI is InChI=1S/C28H26N6O/c1-19-26-24(20-12-13-20)14-15-29-28(26)34(31-19)18-25(35)30-16-22-17-33(23-10-6-3-7-11-23)32-27(22)21-8-4-2-5-9-21/h2-11,14-15,17,20H,12-13,16,18H2,1H3,(H,30,35). The Labute approximate surface area is 203 Å². The van der Waals surface area contributed by atoms with Crippen molar-refractivity contribution in [2.45, 2.75) is 38.8 Å². The summed E-state index contributed by atoms with van der Waals surface area (Å²) in [4.78, 5) is 17.5. The van der Waals surface area contributed by atoms with E-state index in [9.17, 15) is 4.79 Å². The van der Waals surface area contributed by atoms with Gasteiger partial charge in [0.1, 0.15) is 6.54 Å². The predicted octanol–water partition coefficient (Wildman–Crippen LogP) is 4.79. The molecule has 0 saturated heterocycles. The summed E-state index contributed by atoms with van der Waals surface area (Å²) in [5.74, 6) is 0.489. The van der Waals surface area contributed by atoms with Crippen LogP contribution < -0.4 is 5.32 Å². The number of aryl methyl sites for hydroxylation is 1. The van der Waals surface area contributed by atoms with E-state index in [1.165, 1.54) is 18.4 Å². The average Bonchev–Trinajstić information content (AvgIpc) is 3.58. The summed E-state index contributed by atoms with van der Waals surface area (Å²) >= 11 is 0. The average molecular weight is 463 g/mol. The van der Waals surface area contributed by atoms with E-state index in [1.807, 2.05) is 84.7 Å². The molecule has 0 atom stereocenters. The van der Waals surface area contributed by atoms with Crippen LogP contribution in [0.2, 0.25) is 0 Å². The number of rotatable bonds is 7. The van der Waals surface area contributed by atoms with Gasteiger partial charge in [-0.05, 0) is 49.4 Å². The first-order valence-electron chi connectivity index (χ1n) is 12.0. The molecule has 35 heavy (non-hydrogen) atoms. The van der Waals surface area contributed by atoms with Crippen molar-refractivity contribution >= 4 is 16.9 Å². The van der Waals surface area contributed by atoms with Crippen LogP contribution >= 0.6 is 0 Å². The lowest BCUT2D eigenvalue weighted by Gasteiger charge is -2.07. The van der Waals surface area contributed by atoms with E-state index in [0.29, 0.717) is 12.5 Å². The number of nitrogens with zero attached hydrogens (tertiary/aromatic N) is 5. The highest BCUT2D eigenvalue weighted by Gasteiger charge is 2.27. The number of amides is 1. The Kier molecular flexibility index (Phi) is 5.37. The fraction of sp³-hybridized carbons (Fsp3) is 0.214. The van der Waals surface area contributed by atoms with Gasteiger partial charge < -0.3 is 5.32 Å². The molecule has 1 aliphatic rings. The molecule has 174 valence electrons. The summed E-state index contributed by atoms with van der Waals surface area (Å²) in [5, 5.41) is 13.6. The summed E-state index contributed by atoms with van der Waals surface area (Å²) in [7, 11) is 0. The Hall–Kier alpha value is -4.26. The SMILES string of the molecule is Cc1nn(CC(=O)NCc2cn(-c3ccccc3)nc2-c2ccccc2)c2nccc(C3CC3)c12. The van der Waals surface area contributed by atoms with Gasteiger partial charge in [-0.15, -0.1) is 0 Å². The highest BCUT2D eigenvalue weighted by atomic mass is 16.2. The quantitative estimate of drug-likeness (QED) is 0.377. The van der Waals surface area contributed by atoms with Crippen LogP contribution in [-0.2, 0) is 17.9 Å². The van der Waals surface area contributed by atoms with Crippen molar-refractivity contribution in [1.82, 2.24) is 29.9 Å². The fourth-order valence-corrected chi connectivity index (χ4v) is 4.63. The van der Waals surface area contributed by atoms with Gasteiger partial charge in [0.2, 0.25) is 5.91 Å². The number of carbonyl (C=O) groups is 1. The van der Waals surface area contributed by atoms with E-state index in [-0.39, 0.29) is 12.5 Å². The van der Waals surface area contributed by atoms with Gasteiger partial charge in [0.15, 0.2) is 5.65 Å². The van der Waals surface area contributed by atoms with Crippen molar-refractivity contribution in [3.05, 3.63) is 95.9 Å². The van der Waals surface area contributed by atoms with Crippen molar-refractivity contribution in [3.63, 3.8) is 0 Å². The minimum Gasteiger partial charge on any atom is -0.350 e. The monoisotopic (exact) mass is 462 g/mol. The Bertz CT molecular complexity index is 1500. The van der Waals surface area contributed by atoms with Gasteiger partial charge in [0.05, 0.1) is 17.1 Å². The number of para-hydroxylation sites is 1. The minimum absolute atomic E-state index is 0.112. The molecule has 1 fully saturated rings. The summed E-state index contributed by atoms with van der Waals surface area (Å²) < 4.78 is 3.58. The lowest BCUT2D eigenvalue weighted by Crippen LogP contribution is -2.27. The van der Waals surface area contributed by atoms with Crippen molar-refractivity contribution in [2.75, 3.05) is 0 Å². The van der Waals surface area contributed by atoms with E-state index in [2.05, 4.69) is 21.5 Å². The van der Waals surface area contributed by atoms with Crippen LogP contribution in [0.1, 0.15) is 35.6 Å². The largest absolute Gasteiger partial charge is 0.350 e. The van der Waals surface area contributed by atoms with Crippen LogP contribution in [-0.4, -0.2) is 30.5 Å². The van der Waals surface area contributed by atoms with Crippen LogP contribution in [0.3, 0.4) is 0 Å². The van der Waals surface area contributed by atoms with Crippen molar-refractivity contribution in [2.24, 2.45) is 0 Å². The molecule has 3 heterocycles. The summed E-state index contributed by atoms with van der Waals surface area (Å²) in [6.45, 7) is 2.49. The third-order valence-electron chi connectivity index (χ3n) is 6.48. The number of benzene rings is 2. The van der Waals surface area contributed by atoms with Gasteiger partial charge in [0, 0.05) is 35.5 Å². The molecule has 1 amide bonds. The maximum atomic E-state index is 13.0. The number of hydrogen-bond donors (Lipinski definition) is 1. The molecule has 7 nitrogen and oxygen atoms in total. The van der Waals surface area contributed by atoms with E-state index in [1.54, 1.807) is 4.68 Å². The number of hydrogen-bond acceptors (Lipinski definition) is 4. The number of carbonyl (C=O) groups excluding carboxylic acids is 1. The smallest absolute Gasteiger partial charge is 0.242 e. The molecule has 0 spiro atoms. The fourth-order valence-electron chi connectivity index (χ4n) is 4.63.